The summed E-state index contributed by atoms with van der Waals surface area (Å²) in [6.07, 6.45) is 2.18. The lowest BCUT2D eigenvalue weighted by molar-refractivity contribution is -0.115. The van der Waals surface area contributed by atoms with Gasteiger partial charge in [-0.3, -0.25) is 9.69 Å². The smallest absolute Gasteiger partial charge is 0.231 e. The maximum absolute atomic E-state index is 12.3. The van der Waals surface area contributed by atoms with Gasteiger partial charge in [0.2, 0.25) is 5.91 Å². The van der Waals surface area contributed by atoms with Crippen molar-refractivity contribution in [1.29, 1.82) is 0 Å². The average molecular weight is 414 g/mol. The Kier molecular flexibility index (Phi) is 5.99. The summed E-state index contributed by atoms with van der Waals surface area (Å²) in [6, 6.07) is 7.81. The predicted octanol–water partition coefficient (Wildman–Crippen LogP) is 3.41. The first-order chi connectivity index (χ1) is 13.7. The number of carbonyl (C=O) groups excluding carboxylic acids is 1. The van der Waals surface area contributed by atoms with Crippen LogP contribution in [0.5, 0.6) is 0 Å². The minimum absolute atomic E-state index is 0.0211. The van der Waals surface area contributed by atoms with Gasteiger partial charge in [0.1, 0.15) is 5.01 Å². The summed E-state index contributed by atoms with van der Waals surface area (Å²) in [5.41, 5.74) is 2.97. The molecule has 0 bridgehead atoms. The number of carbonyl (C=O) groups is 1. The Bertz CT molecular complexity index is 916. The highest BCUT2D eigenvalue weighted by molar-refractivity contribution is 7.13. The third-order valence-corrected chi connectivity index (χ3v) is 6.51. The Morgan fingerprint density at radius 2 is 2.00 bits per heavy atom. The molecule has 3 heterocycles. The Balaban J connectivity index is 1.26. The molecule has 8 heteroatoms. The van der Waals surface area contributed by atoms with Gasteiger partial charge in [-0.15, -0.1) is 22.7 Å². The number of hydrogen-bond donors (Lipinski definition) is 1. The van der Waals surface area contributed by atoms with Crippen LogP contribution in [0.2, 0.25) is 0 Å². The number of thiazole rings is 2. The fourth-order valence-corrected chi connectivity index (χ4v) is 4.73. The zero-order valence-electron chi connectivity index (χ0n) is 15.8. The van der Waals surface area contributed by atoms with E-state index in [1.807, 2.05) is 42.8 Å². The van der Waals surface area contributed by atoms with Gasteiger partial charge >= 0.3 is 0 Å². The van der Waals surface area contributed by atoms with Gasteiger partial charge in [0.25, 0.3) is 0 Å². The molecule has 1 aliphatic heterocycles. The van der Waals surface area contributed by atoms with Gasteiger partial charge in [0.05, 0.1) is 12.1 Å². The first-order valence-electron chi connectivity index (χ1n) is 9.33. The number of aromatic nitrogens is 2. The zero-order valence-corrected chi connectivity index (χ0v) is 17.4. The molecule has 1 fully saturated rings. The van der Waals surface area contributed by atoms with Crippen LogP contribution < -0.4 is 10.2 Å². The van der Waals surface area contributed by atoms with Gasteiger partial charge in [0, 0.05) is 55.4 Å². The van der Waals surface area contributed by atoms with Crippen LogP contribution >= 0.6 is 22.7 Å². The highest BCUT2D eigenvalue weighted by Crippen LogP contribution is 2.20. The van der Waals surface area contributed by atoms with Crippen molar-refractivity contribution in [3.63, 3.8) is 0 Å². The van der Waals surface area contributed by atoms with E-state index in [9.17, 15) is 4.79 Å². The largest absolute Gasteiger partial charge is 0.346 e. The van der Waals surface area contributed by atoms with Gasteiger partial charge in [-0.2, -0.15) is 0 Å². The average Bonchev–Trinajstić information content (AvgIpc) is 3.37. The molecule has 1 amide bonds. The molecule has 0 aliphatic carbocycles. The summed E-state index contributed by atoms with van der Waals surface area (Å²) in [6.45, 7) is 6.81. The third-order valence-electron chi connectivity index (χ3n) is 4.78. The lowest BCUT2D eigenvalue weighted by Crippen LogP contribution is -2.46. The van der Waals surface area contributed by atoms with Crippen molar-refractivity contribution in [2.75, 3.05) is 36.4 Å². The fraction of sp³-hybridized carbons (Fsp3) is 0.350. The molecular formula is C20H23N5OS2. The minimum atomic E-state index is -0.0211. The van der Waals surface area contributed by atoms with E-state index in [0.717, 1.165) is 59.8 Å². The van der Waals surface area contributed by atoms with Crippen molar-refractivity contribution in [2.24, 2.45) is 0 Å². The topological polar surface area (TPSA) is 61.4 Å². The van der Waals surface area contributed by atoms with E-state index in [0.29, 0.717) is 6.42 Å². The number of piperazine rings is 1. The highest BCUT2D eigenvalue weighted by atomic mass is 32.1. The molecule has 2 aromatic heterocycles. The summed E-state index contributed by atoms with van der Waals surface area (Å²) in [5, 5.41) is 9.04. The molecule has 4 rings (SSSR count). The van der Waals surface area contributed by atoms with Crippen LogP contribution in [0.4, 0.5) is 10.8 Å². The summed E-state index contributed by atoms with van der Waals surface area (Å²) in [4.78, 5) is 26.1. The van der Waals surface area contributed by atoms with E-state index in [-0.39, 0.29) is 5.91 Å². The van der Waals surface area contributed by atoms with Crippen LogP contribution in [0.3, 0.4) is 0 Å². The van der Waals surface area contributed by atoms with E-state index in [2.05, 4.69) is 30.5 Å². The lowest BCUT2D eigenvalue weighted by atomic mass is 10.2. The second-order valence-corrected chi connectivity index (χ2v) is 8.67. The molecule has 28 heavy (non-hydrogen) atoms. The normalized spacial score (nSPS) is 15.0. The number of hydrogen-bond acceptors (Lipinski definition) is 7. The van der Waals surface area contributed by atoms with E-state index in [4.69, 9.17) is 0 Å². The maximum atomic E-state index is 12.3. The Labute approximate surface area is 172 Å². The van der Waals surface area contributed by atoms with E-state index >= 15 is 0 Å². The van der Waals surface area contributed by atoms with E-state index < -0.39 is 0 Å². The Morgan fingerprint density at radius 1 is 1.18 bits per heavy atom. The SMILES string of the molecule is Cc1ccccc1NC(=O)Cc1nc(CN2CCN(c3nccs3)CC2)cs1. The second kappa shape index (κ2) is 8.81. The van der Waals surface area contributed by atoms with Crippen molar-refractivity contribution in [1.82, 2.24) is 14.9 Å². The lowest BCUT2D eigenvalue weighted by Gasteiger charge is -2.34. The molecule has 1 aromatic carbocycles. The van der Waals surface area contributed by atoms with Gasteiger partial charge in [-0.05, 0) is 18.6 Å². The Morgan fingerprint density at radius 3 is 2.75 bits per heavy atom. The predicted molar refractivity (Wildman–Crippen MR) is 115 cm³/mol. The molecule has 0 unspecified atom stereocenters. The first kappa shape index (κ1) is 19.0. The third kappa shape index (κ3) is 4.76. The quantitative estimate of drug-likeness (QED) is 0.671. The molecule has 0 saturated carbocycles. The summed E-state index contributed by atoms with van der Waals surface area (Å²) in [5.74, 6) is -0.0211. The number of nitrogens with one attached hydrogen (secondary N) is 1. The molecule has 146 valence electrons. The molecule has 0 radical (unpaired) electrons. The fourth-order valence-electron chi connectivity index (χ4n) is 3.25. The van der Waals surface area contributed by atoms with Crippen LogP contribution in [0.15, 0.2) is 41.2 Å². The van der Waals surface area contributed by atoms with Crippen molar-refractivity contribution in [3.8, 4) is 0 Å². The van der Waals surface area contributed by atoms with Gasteiger partial charge in [-0.25, -0.2) is 9.97 Å². The van der Waals surface area contributed by atoms with Crippen LogP contribution in [0.25, 0.3) is 0 Å². The Hall–Kier alpha value is -2.29. The number of amides is 1. The summed E-state index contributed by atoms with van der Waals surface area (Å²) >= 11 is 3.26. The number of para-hydroxylation sites is 1. The van der Waals surface area contributed by atoms with Crippen LogP contribution in [0.1, 0.15) is 16.3 Å². The molecular weight excluding hydrogens is 390 g/mol. The van der Waals surface area contributed by atoms with Crippen LogP contribution in [-0.4, -0.2) is 47.0 Å². The minimum Gasteiger partial charge on any atom is -0.346 e. The maximum Gasteiger partial charge on any atom is 0.231 e. The van der Waals surface area contributed by atoms with Crippen LogP contribution in [-0.2, 0) is 17.8 Å². The van der Waals surface area contributed by atoms with Crippen LogP contribution in [0, 0.1) is 6.92 Å². The molecule has 1 saturated heterocycles. The number of benzene rings is 1. The molecule has 1 N–H and O–H groups in total. The molecule has 0 atom stereocenters. The zero-order chi connectivity index (χ0) is 19.3. The van der Waals surface area contributed by atoms with E-state index in [1.54, 1.807) is 22.7 Å². The standard InChI is InChI=1S/C20H23N5OS2/c1-15-4-2-3-5-17(15)23-18(26)12-19-22-16(14-28-19)13-24-7-9-25(10-8-24)20-21-6-11-27-20/h2-6,11,14H,7-10,12-13H2,1H3,(H,23,26). The van der Waals surface area contributed by atoms with Crippen molar-refractivity contribution in [3.05, 3.63) is 57.5 Å². The number of anilines is 2. The molecule has 6 nitrogen and oxygen atoms in total. The van der Waals surface area contributed by atoms with Gasteiger partial charge < -0.3 is 10.2 Å². The number of aryl methyl sites for hydroxylation is 1. The molecule has 0 spiro atoms. The van der Waals surface area contributed by atoms with Gasteiger partial charge in [-0.1, -0.05) is 18.2 Å². The van der Waals surface area contributed by atoms with E-state index in [1.165, 1.54) is 0 Å². The monoisotopic (exact) mass is 413 g/mol. The van der Waals surface area contributed by atoms with Crippen molar-refractivity contribution < 1.29 is 4.79 Å². The van der Waals surface area contributed by atoms with Gasteiger partial charge in [0.15, 0.2) is 5.13 Å². The number of rotatable bonds is 6. The summed E-state index contributed by atoms with van der Waals surface area (Å²) in [7, 11) is 0. The summed E-state index contributed by atoms with van der Waals surface area (Å²) < 4.78 is 0. The number of nitrogens with zero attached hydrogens (tertiary/aromatic N) is 4. The molecule has 3 aromatic rings. The highest BCUT2D eigenvalue weighted by Gasteiger charge is 2.19. The van der Waals surface area contributed by atoms with Crippen molar-refractivity contribution in [2.45, 2.75) is 19.9 Å². The van der Waals surface area contributed by atoms with Crippen molar-refractivity contribution >= 4 is 39.4 Å². The molecule has 1 aliphatic rings. The first-order valence-corrected chi connectivity index (χ1v) is 11.1. The second-order valence-electron chi connectivity index (χ2n) is 6.85.